The van der Waals surface area contributed by atoms with E-state index in [4.69, 9.17) is 9.47 Å². The number of rotatable bonds is 7. The average molecular weight is 242 g/mol. The van der Waals surface area contributed by atoms with Gasteiger partial charge in [0.2, 0.25) is 0 Å². The Morgan fingerprint density at radius 1 is 1.06 bits per heavy atom. The highest BCUT2D eigenvalue weighted by molar-refractivity contribution is 6.02. The predicted molar refractivity (Wildman–Crippen MR) is 65.4 cm³/mol. The normalized spacial score (nSPS) is 11.5. The maximum Gasteiger partial charge on any atom is 0.327 e. The highest BCUT2D eigenvalue weighted by Gasteiger charge is 2.45. The standard InChI is InChI=1S/C13H22O4/c1-5-9-13(10-6-2,11(14)16-7-3)12(15)17-8-4/h5,9H,6-8,10H2,1-4H3. The molecule has 0 aromatic rings. The Kier molecular flexibility index (Phi) is 7.26. The molecule has 0 saturated carbocycles. The third kappa shape index (κ3) is 3.88. The lowest BCUT2D eigenvalue weighted by molar-refractivity contribution is -0.168. The quantitative estimate of drug-likeness (QED) is 0.391. The Bertz CT molecular complexity index is 263. The van der Waals surface area contributed by atoms with Gasteiger partial charge in [0.1, 0.15) is 0 Å². The number of hydrogen-bond donors (Lipinski definition) is 0. The molecule has 0 aliphatic rings. The van der Waals surface area contributed by atoms with Crippen LogP contribution >= 0.6 is 0 Å². The molecule has 4 nitrogen and oxygen atoms in total. The molecule has 17 heavy (non-hydrogen) atoms. The van der Waals surface area contributed by atoms with Crippen molar-refractivity contribution in [2.45, 2.75) is 40.5 Å². The Hall–Kier alpha value is -1.32. The first-order valence-electron chi connectivity index (χ1n) is 6.07. The summed E-state index contributed by atoms with van der Waals surface area (Å²) in [5.41, 5.74) is -1.28. The van der Waals surface area contributed by atoms with Crippen LogP contribution in [0.2, 0.25) is 0 Å². The first-order chi connectivity index (χ1) is 8.08. The van der Waals surface area contributed by atoms with Gasteiger partial charge in [-0.1, -0.05) is 25.5 Å². The van der Waals surface area contributed by atoms with Crippen molar-refractivity contribution in [2.75, 3.05) is 13.2 Å². The molecule has 98 valence electrons. The van der Waals surface area contributed by atoms with Crippen molar-refractivity contribution in [3.05, 3.63) is 12.2 Å². The minimum atomic E-state index is -1.28. The topological polar surface area (TPSA) is 52.6 Å². The van der Waals surface area contributed by atoms with E-state index in [1.165, 1.54) is 0 Å². The molecule has 0 fully saturated rings. The maximum absolute atomic E-state index is 12.0. The molecule has 0 atom stereocenters. The van der Waals surface area contributed by atoms with E-state index in [-0.39, 0.29) is 13.2 Å². The lowest BCUT2D eigenvalue weighted by Crippen LogP contribution is -2.40. The molecule has 0 aliphatic heterocycles. The summed E-state index contributed by atoms with van der Waals surface area (Å²) in [6.45, 7) is 7.62. The van der Waals surface area contributed by atoms with Crippen molar-refractivity contribution >= 4 is 11.9 Å². The molecule has 0 bridgehead atoms. The molecule has 0 radical (unpaired) electrons. The zero-order valence-corrected chi connectivity index (χ0v) is 11.1. The van der Waals surface area contributed by atoms with Crippen LogP contribution in [0.4, 0.5) is 0 Å². The van der Waals surface area contributed by atoms with E-state index in [1.54, 1.807) is 32.9 Å². The summed E-state index contributed by atoms with van der Waals surface area (Å²) < 4.78 is 9.98. The van der Waals surface area contributed by atoms with Crippen LogP contribution in [0.1, 0.15) is 40.5 Å². The monoisotopic (exact) mass is 242 g/mol. The molecule has 0 rings (SSSR count). The Morgan fingerprint density at radius 3 is 1.82 bits per heavy atom. The summed E-state index contributed by atoms with van der Waals surface area (Å²) in [4.78, 5) is 24.0. The molecule has 0 aromatic heterocycles. The lowest BCUT2D eigenvalue weighted by Gasteiger charge is -2.25. The van der Waals surface area contributed by atoms with Crippen molar-refractivity contribution in [1.82, 2.24) is 0 Å². The van der Waals surface area contributed by atoms with Crippen LogP contribution in [0.25, 0.3) is 0 Å². The Labute approximate surface area is 103 Å². The van der Waals surface area contributed by atoms with E-state index in [2.05, 4.69) is 0 Å². The van der Waals surface area contributed by atoms with Gasteiger partial charge in [0.15, 0.2) is 5.41 Å². The van der Waals surface area contributed by atoms with E-state index in [9.17, 15) is 9.59 Å². The molecular weight excluding hydrogens is 220 g/mol. The average Bonchev–Trinajstić information content (AvgIpc) is 2.29. The molecule has 0 aliphatic carbocycles. The van der Waals surface area contributed by atoms with E-state index in [0.717, 1.165) is 0 Å². The van der Waals surface area contributed by atoms with Crippen LogP contribution in [0, 0.1) is 5.41 Å². The summed E-state index contributed by atoms with van der Waals surface area (Å²) >= 11 is 0. The van der Waals surface area contributed by atoms with Gasteiger partial charge in [-0.3, -0.25) is 9.59 Å². The summed E-state index contributed by atoms with van der Waals surface area (Å²) in [7, 11) is 0. The highest BCUT2D eigenvalue weighted by Crippen LogP contribution is 2.30. The van der Waals surface area contributed by atoms with Gasteiger partial charge in [-0.05, 0) is 27.2 Å². The third-order valence-electron chi connectivity index (χ3n) is 2.37. The number of carbonyl (C=O) groups is 2. The van der Waals surface area contributed by atoms with Crippen LogP contribution in [0.5, 0.6) is 0 Å². The van der Waals surface area contributed by atoms with E-state index in [1.807, 2.05) is 6.92 Å². The van der Waals surface area contributed by atoms with Gasteiger partial charge in [0.25, 0.3) is 0 Å². The van der Waals surface area contributed by atoms with Crippen LogP contribution in [0.3, 0.4) is 0 Å². The number of allylic oxidation sites excluding steroid dienone is 1. The number of ether oxygens (including phenoxy) is 2. The molecule has 0 saturated heterocycles. The SMILES string of the molecule is CC=CC(CCC)(C(=O)OCC)C(=O)OCC. The van der Waals surface area contributed by atoms with Crippen molar-refractivity contribution in [3.8, 4) is 0 Å². The second-order valence-electron chi connectivity index (χ2n) is 3.66. The first kappa shape index (κ1) is 15.7. The highest BCUT2D eigenvalue weighted by atomic mass is 16.6. The van der Waals surface area contributed by atoms with Crippen molar-refractivity contribution in [2.24, 2.45) is 5.41 Å². The fraction of sp³-hybridized carbons (Fsp3) is 0.692. The van der Waals surface area contributed by atoms with Gasteiger partial charge in [-0.2, -0.15) is 0 Å². The summed E-state index contributed by atoms with van der Waals surface area (Å²) in [5, 5.41) is 0. The van der Waals surface area contributed by atoms with Crippen LogP contribution in [-0.2, 0) is 19.1 Å². The molecule has 4 heteroatoms. The van der Waals surface area contributed by atoms with Gasteiger partial charge >= 0.3 is 11.9 Å². The number of esters is 2. The molecule has 0 aromatic carbocycles. The summed E-state index contributed by atoms with van der Waals surface area (Å²) in [6.07, 6.45) is 4.35. The fourth-order valence-electron chi connectivity index (χ4n) is 1.71. The van der Waals surface area contributed by atoms with Crippen molar-refractivity contribution < 1.29 is 19.1 Å². The van der Waals surface area contributed by atoms with Crippen LogP contribution < -0.4 is 0 Å². The van der Waals surface area contributed by atoms with Gasteiger partial charge in [-0.25, -0.2) is 0 Å². The van der Waals surface area contributed by atoms with Crippen molar-refractivity contribution in [1.29, 1.82) is 0 Å². The zero-order chi connectivity index (χ0) is 13.3. The number of hydrogen-bond acceptors (Lipinski definition) is 4. The lowest BCUT2D eigenvalue weighted by atomic mass is 9.83. The maximum atomic E-state index is 12.0. The third-order valence-corrected chi connectivity index (χ3v) is 2.37. The second-order valence-corrected chi connectivity index (χ2v) is 3.66. The van der Waals surface area contributed by atoms with E-state index < -0.39 is 17.4 Å². The Balaban J connectivity index is 5.24. The number of carbonyl (C=O) groups excluding carboxylic acids is 2. The molecular formula is C13H22O4. The first-order valence-corrected chi connectivity index (χ1v) is 6.07. The minimum Gasteiger partial charge on any atom is -0.465 e. The molecule has 0 N–H and O–H groups in total. The smallest absolute Gasteiger partial charge is 0.327 e. The van der Waals surface area contributed by atoms with E-state index in [0.29, 0.717) is 12.8 Å². The minimum absolute atomic E-state index is 0.251. The van der Waals surface area contributed by atoms with Crippen molar-refractivity contribution in [3.63, 3.8) is 0 Å². The molecule has 0 unspecified atom stereocenters. The van der Waals surface area contributed by atoms with Crippen LogP contribution in [0.15, 0.2) is 12.2 Å². The van der Waals surface area contributed by atoms with Gasteiger partial charge in [-0.15, -0.1) is 0 Å². The zero-order valence-electron chi connectivity index (χ0n) is 11.1. The predicted octanol–water partition coefficient (Wildman–Crippen LogP) is 2.48. The molecule has 0 spiro atoms. The molecule has 0 amide bonds. The Morgan fingerprint density at radius 2 is 1.53 bits per heavy atom. The second kappa shape index (κ2) is 7.87. The van der Waals surface area contributed by atoms with Crippen LogP contribution in [-0.4, -0.2) is 25.2 Å². The largest absolute Gasteiger partial charge is 0.465 e. The van der Waals surface area contributed by atoms with Gasteiger partial charge < -0.3 is 9.47 Å². The van der Waals surface area contributed by atoms with Gasteiger partial charge in [0.05, 0.1) is 13.2 Å². The van der Waals surface area contributed by atoms with Gasteiger partial charge in [0, 0.05) is 0 Å². The fourth-order valence-corrected chi connectivity index (χ4v) is 1.71. The summed E-state index contributed by atoms with van der Waals surface area (Å²) in [5.74, 6) is -1.06. The van der Waals surface area contributed by atoms with E-state index >= 15 is 0 Å². The molecule has 0 heterocycles. The summed E-state index contributed by atoms with van der Waals surface area (Å²) in [6, 6.07) is 0.